The van der Waals surface area contributed by atoms with Crippen LogP contribution in [-0.4, -0.2) is 0 Å². The van der Waals surface area contributed by atoms with Crippen LogP contribution in [-0.2, 0) is 5.33 Å². The molecule has 0 aliphatic rings. The summed E-state index contributed by atoms with van der Waals surface area (Å²) in [6.07, 6.45) is 0. The topological polar surface area (TPSA) is 9.23 Å². The Morgan fingerprint density at radius 2 is 1.78 bits per heavy atom. The van der Waals surface area contributed by atoms with Crippen molar-refractivity contribution in [1.82, 2.24) is 0 Å². The van der Waals surface area contributed by atoms with E-state index >= 15 is 0 Å². The molecule has 0 atom stereocenters. The minimum absolute atomic E-state index is 0.554. The highest BCUT2D eigenvalue weighted by Crippen LogP contribution is 2.35. The average molecular weight is 411 g/mol. The second-order valence-electron chi connectivity index (χ2n) is 3.56. The monoisotopic (exact) mass is 408 g/mol. The number of benzene rings is 2. The van der Waals surface area contributed by atoms with Crippen LogP contribution in [0, 0.1) is 0 Å². The third-order valence-electron chi connectivity index (χ3n) is 2.29. The number of hydrogen-bond donors (Lipinski definition) is 0. The fraction of sp³-hybridized carbons (Fsp3) is 0.0769. The van der Waals surface area contributed by atoms with E-state index in [0.717, 1.165) is 10.0 Å². The van der Waals surface area contributed by atoms with Gasteiger partial charge in [-0.2, -0.15) is 0 Å². The van der Waals surface area contributed by atoms with E-state index < -0.39 is 0 Å². The van der Waals surface area contributed by atoms with Gasteiger partial charge in [-0.15, -0.1) is 0 Å². The molecule has 5 heteroatoms. The van der Waals surface area contributed by atoms with E-state index in [-0.39, 0.29) is 0 Å². The molecule has 94 valence electrons. The zero-order valence-corrected chi connectivity index (χ0v) is 13.8. The molecule has 0 bridgehead atoms. The molecular weight excluding hydrogens is 403 g/mol. The summed E-state index contributed by atoms with van der Waals surface area (Å²) in [7, 11) is 0. The molecule has 2 aromatic carbocycles. The molecule has 2 rings (SSSR count). The van der Waals surface area contributed by atoms with Gasteiger partial charge in [-0.25, -0.2) is 0 Å². The summed E-state index contributed by atoms with van der Waals surface area (Å²) in [4.78, 5) is 0. The summed E-state index contributed by atoms with van der Waals surface area (Å²) in [5, 5.41) is 1.87. The van der Waals surface area contributed by atoms with Crippen LogP contribution in [0.3, 0.4) is 0 Å². The van der Waals surface area contributed by atoms with E-state index in [9.17, 15) is 0 Å². The second kappa shape index (κ2) is 6.29. The van der Waals surface area contributed by atoms with Gasteiger partial charge in [-0.1, -0.05) is 61.1 Å². The van der Waals surface area contributed by atoms with Crippen LogP contribution in [0.2, 0.25) is 10.0 Å². The molecule has 1 nitrogen and oxygen atoms in total. The average Bonchev–Trinajstić information content (AvgIpc) is 2.34. The molecule has 0 aliphatic carbocycles. The third-order valence-corrected chi connectivity index (χ3v) is 3.93. The maximum Gasteiger partial charge on any atom is 0.147 e. The van der Waals surface area contributed by atoms with Gasteiger partial charge in [0, 0.05) is 20.4 Å². The summed E-state index contributed by atoms with van der Waals surface area (Å²) in [6.45, 7) is 0. The lowest BCUT2D eigenvalue weighted by Gasteiger charge is -2.11. The van der Waals surface area contributed by atoms with Crippen molar-refractivity contribution in [2.75, 3.05) is 0 Å². The molecule has 0 aliphatic heterocycles. The van der Waals surface area contributed by atoms with Crippen molar-refractivity contribution >= 4 is 55.1 Å². The molecule has 0 heterocycles. The van der Waals surface area contributed by atoms with Crippen molar-refractivity contribution < 1.29 is 4.74 Å². The smallest absolute Gasteiger partial charge is 0.147 e. The molecule has 18 heavy (non-hydrogen) atoms. The quantitative estimate of drug-likeness (QED) is 0.529. The Morgan fingerprint density at radius 3 is 2.50 bits per heavy atom. The molecule has 0 N–H and O–H groups in total. The van der Waals surface area contributed by atoms with Gasteiger partial charge in [0.05, 0.1) is 5.02 Å². The number of ether oxygens (including phenoxy) is 1. The predicted octanol–water partition coefficient (Wildman–Crippen LogP) is 6.44. The van der Waals surface area contributed by atoms with Crippen molar-refractivity contribution in [2.45, 2.75) is 5.33 Å². The lowest BCUT2D eigenvalue weighted by Crippen LogP contribution is -1.90. The first kappa shape index (κ1) is 14.2. The van der Waals surface area contributed by atoms with Crippen molar-refractivity contribution in [3.05, 3.63) is 56.5 Å². The van der Waals surface area contributed by atoms with Crippen molar-refractivity contribution in [3.8, 4) is 11.5 Å². The molecule has 0 radical (unpaired) electrons. The lowest BCUT2D eigenvalue weighted by molar-refractivity contribution is 0.478. The first-order valence-electron chi connectivity index (χ1n) is 5.07. The van der Waals surface area contributed by atoms with Gasteiger partial charge in [0.25, 0.3) is 0 Å². The minimum Gasteiger partial charge on any atom is -0.455 e. The van der Waals surface area contributed by atoms with Crippen LogP contribution in [0.1, 0.15) is 5.56 Å². The van der Waals surface area contributed by atoms with Crippen LogP contribution in [0.25, 0.3) is 0 Å². The van der Waals surface area contributed by atoms with Crippen LogP contribution < -0.4 is 4.74 Å². The van der Waals surface area contributed by atoms with Crippen molar-refractivity contribution in [3.63, 3.8) is 0 Å². The normalized spacial score (nSPS) is 10.4. The van der Waals surface area contributed by atoms with Gasteiger partial charge in [0.15, 0.2) is 0 Å². The highest BCUT2D eigenvalue weighted by molar-refractivity contribution is 9.10. The zero-order valence-electron chi connectivity index (χ0n) is 9.09. The molecule has 0 saturated carbocycles. The Morgan fingerprint density at radius 1 is 1.00 bits per heavy atom. The highest BCUT2D eigenvalue weighted by atomic mass is 79.9. The van der Waals surface area contributed by atoms with E-state index in [2.05, 4.69) is 31.9 Å². The van der Waals surface area contributed by atoms with Gasteiger partial charge < -0.3 is 4.74 Å². The lowest BCUT2D eigenvalue weighted by atomic mass is 10.2. The van der Waals surface area contributed by atoms with Gasteiger partial charge in [0.2, 0.25) is 0 Å². The Balaban J connectivity index is 2.38. The third kappa shape index (κ3) is 3.41. The standard InChI is InChI=1S/C13H8Br2Cl2O/c14-7-8-1-3-10(16)6-12(8)18-13-5-9(15)2-4-11(13)17/h1-6H,7H2. The highest BCUT2D eigenvalue weighted by Gasteiger charge is 2.08. The van der Waals surface area contributed by atoms with E-state index in [1.165, 1.54) is 0 Å². The summed E-state index contributed by atoms with van der Waals surface area (Å²) in [5.74, 6) is 1.29. The van der Waals surface area contributed by atoms with E-state index in [0.29, 0.717) is 26.9 Å². The molecule has 0 aromatic heterocycles. The molecular formula is C13H8Br2Cl2O. The number of hydrogen-bond acceptors (Lipinski definition) is 1. The summed E-state index contributed by atoms with van der Waals surface area (Å²) >= 11 is 18.9. The molecule has 0 amide bonds. The van der Waals surface area contributed by atoms with Gasteiger partial charge in [0.1, 0.15) is 11.5 Å². The maximum absolute atomic E-state index is 6.09. The minimum atomic E-state index is 0.554. The summed E-state index contributed by atoms with van der Waals surface area (Å²) in [5.41, 5.74) is 1.01. The number of alkyl halides is 1. The first-order valence-corrected chi connectivity index (χ1v) is 7.74. The summed E-state index contributed by atoms with van der Waals surface area (Å²) in [6, 6.07) is 11.0. The van der Waals surface area contributed by atoms with Gasteiger partial charge in [-0.3, -0.25) is 0 Å². The van der Waals surface area contributed by atoms with E-state index in [1.54, 1.807) is 12.1 Å². The predicted molar refractivity (Wildman–Crippen MR) is 83.3 cm³/mol. The molecule has 0 spiro atoms. The molecule has 0 unspecified atom stereocenters. The SMILES string of the molecule is Clc1ccc(CBr)c(Oc2cc(Br)ccc2Cl)c1. The molecule has 2 aromatic rings. The van der Waals surface area contributed by atoms with E-state index in [1.807, 2.05) is 24.3 Å². The Labute approximate surface area is 132 Å². The van der Waals surface area contributed by atoms with Crippen LogP contribution >= 0.6 is 55.1 Å². The van der Waals surface area contributed by atoms with E-state index in [4.69, 9.17) is 27.9 Å². The van der Waals surface area contributed by atoms with Crippen LogP contribution in [0.15, 0.2) is 40.9 Å². The first-order chi connectivity index (χ1) is 8.60. The van der Waals surface area contributed by atoms with Crippen LogP contribution in [0.5, 0.6) is 11.5 Å². The second-order valence-corrected chi connectivity index (χ2v) is 5.88. The number of halogens is 4. The van der Waals surface area contributed by atoms with Gasteiger partial charge in [-0.05, 0) is 30.3 Å². The molecule has 0 fully saturated rings. The fourth-order valence-electron chi connectivity index (χ4n) is 1.41. The van der Waals surface area contributed by atoms with Crippen LogP contribution in [0.4, 0.5) is 0 Å². The fourth-order valence-corrected chi connectivity index (χ4v) is 2.53. The zero-order chi connectivity index (χ0) is 13.1. The summed E-state index contributed by atoms with van der Waals surface area (Å²) < 4.78 is 6.72. The molecule has 0 saturated heterocycles. The van der Waals surface area contributed by atoms with Gasteiger partial charge >= 0.3 is 0 Å². The number of rotatable bonds is 3. The Kier molecular flexibility index (Phi) is 4.96. The largest absolute Gasteiger partial charge is 0.455 e. The van der Waals surface area contributed by atoms with Crippen molar-refractivity contribution in [1.29, 1.82) is 0 Å². The maximum atomic E-state index is 6.09. The Bertz CT molecular complexity index is 573. The Hall–Kier alpha value is -0.220. The van der Waals surface area contributed by atoms with Crippen molar-refractivity contribution in [2.24, 2.45) is 0 Å².